The summed E-state index contributed by atoms with van der Waals surface area (Å²) in [6.45, 7) is 1.72. The van der Waals surface area contributed by atoms with Crippen LogP contribution in [0.25, 0.3) is 11.4 Å². The number of hydrogen-bond acceptors (Lipinski definition) is 6. The van der Waals surface area contributed by atoms with Gasteiger partial charge in [-0.2, -0.15) is 0 Å². The van der Waals surface area contributed by atoms with Crippen molar-refractivity contribution >= 4 is 27.1 Å². The van der Waals surface area contributed by atoms with Crippen molar-refractivity contribution in [2.24, 2.45) is 0 Å². The Morgan fingerprint density at radius 1 is 1.45 bits per heavy atom. The first kappa shape index (κ1) is 14.7. The van der Waals surface area contributed by atoms with Crippen LogP contribution in [0.15, 0.2) is 18.2 Å². The Hall–Kier alpha value is -1.67. The van der Waals surface area contributed by atoms with Crippen molar-refractivity contribution in [1.29, 1.82) is 0 Å². The third kappa shape index (κ3) is 3.07. The molecule has 20 heavy (non-hydrogen) atoms. The minimum absolute atomic E-state index is 0.0640. The molecule has 0 aliphatic carbocycles. The monoisotopic (exact) mass is 315 g/mol. The summed E-state index contributed by atoms with van der Waals surface area (Å²) in [5.74, 6) is 0.326. The summed E-state index contributed by atoms with van der Waals surface area (Å²) in [6, 6.07) is 4.72. The summed E-state index contributed by atoms with van der Waals surface area (Å²) in [7, 11) is -3.14. The molecule has 0 amide bonds. The number of halogens is 1. The van der Waals surface area contributed by atoms with Crippen molar-refractivity contribution in [3.8, 4) is 11.4 Å². The zero-order chi connectivity index (χ0) is 14.9. The molecule has 0 spiro atoms. The van der Waals surface area contributed by atoms with Crippen LogP contribution in [-0.4, -0.2) is 40.6 Å². The first-order valence-electron chi connectivity index (χ1n) is 5.79. The SMILES string of the molecule is CC(CS(C)(=O)=O)n1nnnc1-c1cccc(Cl)c1N. The number of para-hydroxylation sites is 1. The molecule has 0 bridgehead atoms. The highest BCUT2D eigenvalue weighted by Crippen LogP contribution is 2.30. The van der Waals surface area contributed by atoms with E-state index in [-0.39, 0.29) is 5.75 Å². The van der Waals surface area contributed by atoms with Gasteiger partial charge in [-0.05, 0) is 29.5 Å². The van der Waals surface area contributed by atoms with E-state index in [4.69, 9.17) is 17.3 Å². The van der Waals surface area contributed by atoms with Gasteiger partial charge in [0.1, 0.15) is 9.84 Å². The lowest BCUT2D eigenvalue weighted by molar-refractivity contribution is 0.509. The molecule has 0 aliphatic heterocycles. The highest BCUT2D eigenvalue weighted by molar-refractivity contribution is 7.90. The van der Waals surface area contributed by atoms with E-state index in [1.54, 1.807) is 25.1 Å². The molecule has 0 fully saturated rings. The maximum Gasteiger partial charge on any atom is 0.184 e. The summed E-state index contributed by atoms with van der Waals surface area (Å²) < 4.78 is 24.2. The van der Waals surface area contributed by atoms with Gasteiger partial charge in [0.15, 0.2) is 5.82 Å². The van der Waals surface area contributed by atoms with E-state index in [9.17, 15) is 8.42 Å². The van der Waals surface area contributed by atoms with Crippen molar-refractivity contribution in [2.75, 3.05) is 17.7 Å². The van der Waals surface area contributed by atoms with Gasteiger partial charge in [0.2, 0.25) is 0 Å². The average molecular weight is 316 g/mol. The number of hydrogen-bond donors (Lipinski definition) is 1. The van der Waals surface area contributed by atoms with Gasteiger partial charge in [-0.25, -0.2) is 13.1 Å². The fraction of sp³-hybridized carbons (Fsp3) is 0.364. The molecule has 2 rings (SSSR count). The van der Waals surface area contributed by atoms with Gasteiger partial charge in [-0.15, -0.1) is 5.10 Å². The van der Waals surface area contributed by atoms with E-state index < -0.39 is 15.9 Å². The molecule has 108 valence electrons. The van der Waals surface area contributed by atoms with Gasteiger partial charge in [0, 0.05) is 11.8 Å². The fourth-order valence-corrected chi connectivity index (χ4v) is 3.10. The number of aromatic nitrogens is 4. The number of anilines is 1. The van der Waals surface area contributed by atoms with Crippen molar-refractivity contribution < 1.29 is 8.42 Å². The number of nitrogens with zero attached hydrogens (tertiary/aromatic N) is 4. The second kappa shape index (κ2) is 5.37. The standard InChI is InChI=1S/C11H14ClN5O2S/c1-7(6-20(2,18)19)17-11(14-15-16-17)8-4-3-5-9(12)10(8)13/h3-5,7H,6,13H2,1-2H3. The summed E-state index contributed by atoms with van der Waals surface area (Å²) in [4.78, 5) is 0. The van der Waals surface area contributed by atoms with Crippen LogP contribution in [0.4, 0.5) is 5.69 Å². The molecule has 0 aliphatic rings. The number of nitrogen functional groups attached to an aromatic ring is 1. The summed E-state index contributed by atoms with van der Waals surface area (Å²) in [5, 5.41) is 11.7. The van der Waals surface area contributed by atoms with Crippen molar-refractivity contribution in [3.63, 3.8) is 0 Å². The molecule has 1 aromatic carbocycles. The molecule has 1 atom stereocenters. The van der Waals surface area contributed by atoms with Crippen LogP contribution >= 0.6 is 11.6 Å². The Morgan fingerprint density at radius 2 is 2.15 bits per heavy atom. The number of sulfone groups is 1. The predicted octanol–water partition coefficient (Wildman–Crippen LogP) is 1.18. The van der Waals surface area contributed by atoms with Crippen molar-refractivity contribution in [3.05, 3.63) is 23.2 Å². The normalized spacial score (nSPS) is 13.3. The third-order valence-electron chi connectivity index (χ3n) is 2.75. The molecule has 0 saturated carbocycles. The highest BCUT2D eigenvalue weighted by atomic mass is 35.5. The van der Waals surface area contributed by atoms with Crippen molar-refractivity contribution in [1.82, 2.24) is 20.2 Å². The Labute approximate surface area is 121 Å². The molecule has 0 saturated heterocycles. The van der Waals surface area contributed by atoms with E-state index in [0.29, 0.717) is 22.1 Å². The van der Waals surface area contributed by atoms with Crippen LogP contribution in [0.2, 0.25) is 5.02 Å². The smallest absolute Gasteiger partial charge is 0.184 e. The average Bonchev–Trinajstić information content (AvgIpc) is 2.79. The predicted molar refractivity (Wildman–Crippen MR) is 77.1 cm³/mol. The molecule has 0 radical (unpaired) electrons. The molecule has 2 aromatic rings. The van der Waals surface area contributed by atoms with Gasteiger partial charge in [-0.1, -0.05) is 17.7 Å². The lowest BCUT2D eigenvalue weighted by Crippen LogP contribution is -2.18. The Bertz CT molecular complexity index is 728. The third-order valence-corrected chi connectivity index (χ3v) is 4.17. The summed E-state index contributed by atoms with van der Waals surface area (Å²) in [6.07, 6.45) is 1.17. The number of nitrogens with two attached hydrogens (primary N) is 1. The van der Waals surface area contributed by atoms with Crippen LogP contribution in [0.1, 0.15) is 13.0 Å². The van der Waals surface area contributed by atoms with E-state index in [0.717, 1.165) is 0 Å². The van der Waals surface area contributed by atoms with Crippen LogP contribution in [0.5, 0.6) is 0 Å². The zero-order valence-electron chi connectivity index (χ0n) is 11.0. The first-order chi connectivity index (χ1) is 9.29. The molecular formula is C11H14ClN5O2S. The quantitative estimate of drug-likeness (QED) is 0.850. The number of tetrazole rings is 1. The van der Waals surface area contributed by atoms with Gasteiger partial charge >= 0.3 is 0 Å². The Balaban J connectivity index is 2.45. The van der Waals surface area contributed by atoms with E-state index in [1.807, 2.05) is 0 Å². The maximum atomic E-state index is 11.4. The van der Waals surface area contributed by atoms with E-state index >= 15 is 0 Å². The van der Waals surface area contributed by atoms with Gasteiger partial charge in [-0.3, -0.25) is 0 Å². The second-order valence-electron chi connectivity index (χ2n) is 4.59. The highest BCUT2D eigenvalue weighted by Gasteiger charge is 2.20. The van der Waals surface area contributed by atoms with Gasteiger partial charge in [0.05, 0.1) is 22.5 Å². The fourth-order valence-electron chi connectivity index (χ4n) is 1.91. The van der Waals surface area contributed by atoms with Gasteiger partial charge < -0.3 is 5.73 Å². The molecular weight excluding hydrogens is 302 g/mol. The lowest BCUT2D eigenvalue weighted by atomic mass is 10.1. The molecule has 1 aromatic heterocycles. The van der Waals surface area contributed by atoms with Crippen molar-refractivity contribution in [2.45, 2.75) is 13.0 Å². The molecule has 2 N–H and O–H groups in total. The van der Waals surface area contributed by atoms with E-state index in [1.165, 1.54) is 10.9 Å². The van der Waals surface area contributed by atoms with Crippen LogP contribution in [0.3, 0.4) is 0 Å². The minimum Gasteiger partial charge on any atom is -0.397 e. The largest absolute Gasteiger partial charge is 0.397 e. The number of benzene rings is 1. The minimum atomic E-state index is -3.14. The van der Waals surface area contributed by atoms with E-state index in [2.05, 4.69) is 15.5 Å². The molecule has 7 nitrogen and oxygen atoms in total. The second-order valence-corrected chi connectivity index (χ2v) is 7.18. The van der Waals surface area contributed by atoms with Crippen LogP contribution in [-0.2, 0) is 9.84 Å². The zero-order valence-corrected chi connectivity index (χ0v) is 12.6. The topological polar surface area (TPSA) is 104 Å². The maximum absolute atomic E-state index is 11.4. The van der Waals surface area contributed by atoms with Gasteiger partial charge in [0.25, 0.3) is 0 Å². The summed E-state index contributed by atoms with van der Waals surface area (Å²) in [5.41, 5.74) is 6.84. The Kier molecular flexibility index (Phi) is 3.96. The first-order valence-corrected chi connectivity index (χ1v) is 8.23. The summed E-state index contributed by atoms with van der Waals surface area (Å²) >= 11 is 5.97. The number of rotatable bonds is 4. The molecule has 1 heterocycles. The molecule has 1 unspecified atom stereocenters. The lowest BCUT2D eigenvalue weighted by Gasteiger charge is -2.13. The van der Waals surface area contributed by atoms with Crippen LogP contribution in [0, 0.1) is 0 Å². The molecule has 9 heteroatoms. The van der Waals surface area contributed by atoms with Crippen LogP contribution < -0.4 is 5.73 Å². The Morgan fingerprint density at radius 3 is 2.80 bits per heavy atom.